The van der Waals surface area contributed by atoms with Crippen LogP contribution in [-0.4, -0.2) is 24.8 Å². The molecule has 0 aliphatic carbocycles. The normalized spacial score (nSPS) is 10.6. The molecule has 4 nitrogen and oxygen atoms in total. The molecule has 1 aromatic rings. The molecule has 0 unspecified atom stereocenters. The van der Waals surface area contributed by atoms with Crippen LogP contribution >= 0.6 is 11.6 Å². The number of hydrogen-bond acceptors (Lipinski definition) is 3. The lowest BCUT2D eigenvalue weighted by Gasteiger charge is -2.17. The maximum absolute atomic E-state index is 10.9. The minimum Gasteiger partial charge on any atom is -0.493 e. The van der Waals surface area contributed by atoms with Crippen LogP contribution in [0.5, 0.6) is 11.5 Å². The SMILES string of the molecule is CCC(CC)COc1c(Cl)cc(C(=O)O)cc1OC. The Bertz CT molecular complexity index is 441. The molecule has 0 aromatic heterocycles. The van der Waals surface area contributed by atoms with Crippen LogP contribution in [-0.2, 0) is 0 Å². The van der Waals surface area contributed by atoms with Crippen LogP contribution in [0.4, 0.5) is 0 Å². The van der Waals surface area contributed by atoms with E-state index in [-0.39, 0.29) is 10.6 Å². The maximum Gasteiger partial charge on any atom is 0.335 e. The number of carboxylic acid groups (broad SMARTS) is 1. The Morgan fingerprint density at radius 1 is 1.37 bits per heavy atom. The molecule has 0 amide bonds. The predicted molar refractivity (Wildman–Crippen MR) is 74.5 cm³/mol. The fraction of sp³-hybridized carbons (Fsp3) is 0.500. The van der Waals surface area contributed by atoms with Crippen LogP contribution < -0.4 is 9.47 Å². The summed E-state index contributed by atoms with van der Waals surface area (Å²) in [5.74, 6) is 0.142. The Morgan fingerprint density at radius 3 is 2.47 bits per heavy atom. The summed E-state index contributed by atoms with van der Waals surface area (Å²) in [7, 11) is 1.46. The van der Waals surface area contributed by atoms with Crippen molar-refractivity contribution in [2.45, 2.75) is 26.7 Å². The highest BCUT2D eigenvalue weighted by Crippen LogP contribution is 2.36. The molecule has 19 heavy (non-hydrogen) atoms. The summed E-state index contributed by atoms with van der Waals surface area (Å²) >= 11 is 6.06. The number of ether oxygens (including phenoxy) is 2. The summed E-state index contributed by atoms with van der Waals surface area (Å²) in [5, 5.41) is 9.21. The van der Waals surface area contributed by atoms with E-state index in [1.54, 1.807) is 0 Å². The van der Waals surface area contributed by atoms with E-state index in [1.165, 1.54) is 19.2 Å². The summed E-state index contributed by atoms with van der Waals surface area (Å²) in [6.07, 6.45) is 2.04. The summed E-state index contributed by atoms with van der Waals surface area (Å²) in [6.45, 7) is 4.74. The second-order valence-corrected chi connectivity index (χ2v) is 4.70. The fourth-order valence-corrected chi connectivity index (χ4v) is 1.97. The zero-order chi connectivity index (χ0) is 14.4. The second-order valence-electron chi connectivity index (χ2n) is 4.29. The van der Waals surface area contributed by atoms with Crippen molar-refractivity contribution in [1.82, 2.24) is 0 Å². The van der Waals surface area contributed by atoms with Gasteiger partial charge in [0.15, 0.2) is 11.5 Å². The van der Waals surface area contributed by atoms with Gasteiger partial charge in [-0.05, 0) is 18.1 Å². The van der Waals surface area contributed by atoms with Gasteiger partial charge in [0.05, 0.1) is 24.3 Å². The van der Waals surface area contributed by atoms with Gasteiger partial charge in [-0.15, -0.1) is 0 Å². The molecule has 0 fully saturated rings. The number of rotatable bonds is 7. The number of hydrogen-bond donors (Lipinski definition) is 1. The van der Waals surface area contributed by atoms with E-state index in [1.807, 2.05) is 0 Å². The first-order valence-electron chi connectivity index (χ1n) is 6.27. The molecule has 106 valence electrons. The van der Waals surface area contributed by atoms with Gasteiger partial charge in [-0.3, -0.25) is 0 Å². The average Bonchev–Trinajstić information content (AvgIpc) is 2.40. The first kappa shape index (κ1) is 15.6. The van der Waals surface area contributed by atoms with Gasteiger partial charge in [0.25, 0.3) is 0 Å². The Balaban J connectivity index is 2.97. The predicted octanol–water partition coefficient (Wildman–Crippen LogP) is 3.86. The Morgan fingerprint density at radius 2 is 2.00 bits per heavy atom. The van der Waals surface area contributed by atoms with Crippen molar-refractivity contribution in [3.8, 4) is 11.5 Å². The van der Waals surface area contributed by atoms with Crippen molar-refractivity contribution in [1.29, 1.82) is 0 Å². The molecular formula is C14H19ClO4. The molecule has 5 heteroatoms. The van der Waals surface area contributed by atoms with E-state index in [0.717, 1.165) is 12.8 Å². The van der Waals surface area contributed by atoms with Crippen LogP contribution in [0.3, 0.4) is 0 Å². The van der Waals surface area contributed by atoms with Crippen molar-refractivity contribution in [3.63, 3.8) is 0 Å². The van der Waals surface area contributed by atoms with Gasteiger partial charge in [0.2, 0.25) is 0 Å². The Labute approximate surface area is 118 Å². The lowest BCUT2D eigenvalue weighted by atomic mass is 10.1. The lowest BCUT2D eigenvalue weighted by molar-refractivity contribution is 0.0696. The largest absolute Gasteiger partial charge is 0.493 e. The summed E-state index contributed by atoms with van der Waals surface area (Å²) in [6, 6.07) is 2.78. The standard InChI is InChI=1S/C14H19ClO4/c1-4-9(5-2)8-19-13-11(15)6-10(14(16)17)7-12(13)18-3/h6-7,9H,4-5,8H2,1-3H3,(H,16,17). The van der Waals surface area contributed by atoms with Crippen LogP contribution in [0.15, 0.2) is 12.1 Å². The molecular weight excluding hydrogens is 268 g/mol. The Kier molecular flexibility index (Phi) is 5.96. The second kappa shape index (κ2) is 7.24. The number of methoxy groups -OCH3 is 1. The van der Waals surface area contributed by atoms with Gasteiger partial charge < -0.3 is 14.6 Å². The van der Waals surface area contributed by atoms with E-state index in [0.29, 0.717) is 24.0 Å². The zero-order valence-electron chi connectivity index (χ0n) is 11.4. The third-order valence-corrected chi connectivity index (χ3v) is 3.38. The zero-order valence-corrected chi connectivity index (χ0v) is 12.2. The van der Waals surface area contributed by atoms with Crippen LogP contribution in [0.1, 0.15) is 37.0 Å². The number of benzene rings is 1. The van der Waals surface area contributed by atoms with E-state index < -0.39 is 5.97 Å². The van der Waals surface area contributed by atoms with Gasteiger partial charge in [-0.2, -0.15) is 0 Å². The van der Waals surface area contributed by atoms with E-state index in [4.69, 9.17) is 26.2 Å². The minimum atomic E-state index is -1.05. The molecule has 0 heterocycles. The van der Waals surface area contributed by atoms with E-state index >= 15 is 0 Å². The summed E-state index contributed by atoms with van der Waals surface area (Å²) in [5.41, 5.74) is 0.0803. The monoisotopic (exact) mass is 286 g/mol. The Hall–Kier alpha value is -1.42. The molecule has 0 radical (unpaired) electrons. The highest BCUT2D eigenvalue weighted by molar-refractivity contribution is 6.32. The third-order valence-electron chi connectivity index (χ3n) is 3.09. The quantitative estimate of drug-likeness (QED) is 0.827. The topological polar surface area (TPSA) is 55.8 Å². The van der Waals surface area contributed by atoms with Crippen molar-refractivity contribution in [2.24, 2.45) is 5.92 Å². The summed E-state index contributed by atoms with van der Waals surface area (Å²) < 4.78 is 10.8. The average molecular weight is 287 g/mol. The van der Waals surface area contributed by atoms with E-state index in [2.05, 4.69) is 13.8 Å². The molecule has 1 N–H and O–H groups in total. The molecule has 0 aliphatic heterocycles. The number of carboxylic acids is 1. The van der Waals surface area contributed by atoms with Crippen molar-refractivity contribution in [3.05, 3.63) is 22.7 Å². The van der Waals surface area contributed by atoms with Crippen LogP contribution in [0.2, 0.25) is 5.02 Å². The van der Waals surface area contributed by atoms with Crippen molar-refractivity contribution < 1.29 is 19.4 Å². The molecule has 0 spiro atoms. The molecule has 0 saturated heterocycles. The van der Waals surface area contributed by atoms with Gasteiger partial charge >= 0.3 is 5.97 Å². The van der Waals surface area contributed by atoms with Gasteiger partial charge in [0, 0.05) is 0 Å². The highest BCUT2D eigenvalue weighted by atomic mass is 35.5. The van der Waals surface area contributed by atoms with Crippen molar-refractivity contribution in [2.75, 3.05) is 13.7 Å². The minimum absolute atomic E-state index is 0.0803. The first-order valence-corrected chi connectivity index (χ1v) is 6.64. The third kappa shape index (κ3) is 4.03. The smallest absolute Gasteiger partial charge is 0.335 e. The number of aromatic carboxylic acids is 1. The molecule has 0 atom stereocenters. The molecule has 1 rings (SSSR count). The van der Waals surface area contributed by atoms with Gasteiger partial charge in [-0.1, -0.05) is 38.3 Å². The fourth-order valence-electron chi connectivity index (χ4n) is 1.71. The molecule has 0 saturated carbocycles. The lowest BCUT2D eigenvalue weighted by Crippen LogP contribution is -2.11. The van der Waals surface area contributed by atoms with Gasteiger partial charge in [-0.25, -0.2) is 4.79 Å². The van der Waals surface area contributed by atoms with Gasteiger partial charge in [0.1, 0.15) is 0 Å². The van der Waals surface area contributed by atoms with Crippen LogP contribution in [0.25, 0.3) is 0 Å². The first-order chi connectivity index (χ1) is 9.03. The molecule has 1 aromatic carbocycles. The molecule has 0 aliphatic rings. The molecule has 0 bridgehead atoms. The maximum atomic E-state index is 10.9. The number of halogens is 1. The van der Waals surface area contributed by atoms with E-state index in [9.17, 15) is 4.79 Å². The highest BCUT2D eigenvalue weighted by Gasteiger charge is 2.16. The van der Waals surface area contributed by atoms with Crippen LogP contribution in [0, 0.1) is 5.92 Å². The summed E-state index contributed by atoms with van der Waals surface area (Å²) in [4.78, 5) is 10.9. The number of carbonyl (C=O) groups is 1. The van der Waals surface area contributed by atoms with Crippen molar-refractivity contribution >= 4 is 17.6 Å².